The van der Waals surface area contributed by atoms with Crippen LogP contribution in [-0.2, 0) is 9.53 Å². The Hall–Kier alpha value is -3.91. The van der Waals surface area contributed by atoms with Crippen molar-refractivity contribution >= 4 is 40.2 Å². The number of para-hydroxylation sites is 1. The number of thioether (sulfide) groups is 1. The van der Waals surface area contributed by atoms with Gasteiger partial charge in [0.2, 0.25) is 5.91 Å². The number of amides is 1. The zero-order valence-electron chi connectivity index (χ0n) is 18.7. The molecule has 0 bridgehead atoms. The van der Waals surface area contributed by atoms with Gasteiger partial charge in [-0.2, -0.15) is 0 Å². The van der Waals surface area contributed by atoms with Gasteiger partial charge in [0, 0.05) is 5.69 Å². The fourth-order valence-corrected chi connectivity index (χ4v) is 4.49. The minimum atomic E-state index is -0.482. The first-order valence-corrected chi connectivity index (χ1v) is 11.6. The van der Waals surface area contributed by atoms with Gasteiger partial charge in [0.1, 0.15) is 0 Å². The highest BCUT2D eigenvalue weighted by Gasteiger charge is 2.19. The Bertz CT molecular complexity index is 1400. The third-order valence-electron chi connectivity index (χ3n) is 5.34. The van der Waals surface area contributed by atoms with Gasteiger partial charge in [-0.25, -0.2) is 9.78 Å². The van der Waals surface area contributed by atoms with Crippen molar-refractivity contribution in [3.05, 3.63) is 100 Å². The van der Waals surface area contributed by atoms with Gasteiger partial charge < -0.3 is 10.1 Å². The molecule has 1 atom stereocenters. The van der Waals surface area contributed by atoms with E-state index in [0.717, 1.165) is 5.56 Å². The smallest absolute Gasteiger partial charge is 0.337 e. The van der Waals surface area contributed by atoms with Crippen LogP contribution in [0.4, 0.5) is 5.69 Å². The lowest BCUT2D eigenvalue weighted by Gasteiger charge is -2.20. The van der Waals surface area contributed by atoms with Gasteiger partial charge in [0.25, 0.3) is 5.56 Å². The van der Waals surface area contributed by atoms with Gasteiger partial charge in [-0.1, -0.05) is 60.3 Å². The largest absolute Gasteiger partial charge is 0.465 e. The second-order valence-electron chi connectivity index (χ2n) is 7.58. The van der Waals surface area contributed by atoms with Crippen LogP contribution in [0, 0.1) is 0 Å². The number of esters is 1. The van der Waals surface area contributed by atoms with Gasteiger partial charge in [-0.05, 0) is 42.8 Å². The van der Waals surface area contributed by atoms with Crippen molar-refractivity contribution in [3.8, 4) is 0 Å². The van der Waals surface area contributed by atoms with Crippen molar-refractivity contribution in [2.75, 3.05) is 18.2 Å². The van der Waals surface area contributed by atoms with Crippen LogP contribution in [0.1, 0.15) is 28.9 Å². The second-order valence-corrected chi connectivity index (χ2v) is 8.53. The summed E-state index contributed by atoms with van der Waals surface area (Å²) in [5.41, 5.74) is 2.21. The summed E-state index contributed by atoms with van der Waals surface area (Å²) in [6.07, 6.45) is 0. The molecule has 1 unspecified atom stereocenters. The number of ether oxygens (including phenoxy) is 1. The predicted octanol–water partition coefficient (Wildman–Crippen LogP) is 4.52. The van der Waals surface area contributed by atoms with E-state index in [-0.39, 0.29) is 23.3 Å². The molecule has 0 aliphatic heterocycles. The van der Waals surface area contributed by atoms with E-state index >= 15 is 0 Å². The molecular weight excluding hydrogens is 450 g/mol. The zero-order valence-corrected chi connectivity index (χ0v) is 19.5. The van der Waals surface area contributed by atoms with Crippen molar-refractivity contribution in [2.24, 2.45) is 0 Å². The first kappa shape index (κ1) is 23.3. The SMILES string of the molecule is COC(=O)c1cccc(NC(=O)CSc2nc3ccccc3c(=O)n2C(C)c2ccccc2)c1. The molecule has 34 heavy (non-hydrogen) atoms. The van der Waals surface area contributed by atoms with Crippen molar-refractivity contribution in [3.63, 3.8) is 0 Å². The van der Waals surface area contributed by atoms with Crippen LogP contribution in [-0.4, -0.2) is 34.3 Å². The fraction of sp³-hybridized carbons (Fsp3) is 0.154. The van der Waals surface area contributed by atoms with Crippen LogP contribution in [0.3, 0.4) is 0 Å². The van der Waals surface area contributed by atoms with Crippen LogP contribution in [0.2, 0.25) is 0 Å². The predicted molar refractivity (Wildman–Crippen MR) is 133 cm³/mol. The first-order valence-electron chi connectivity index (χ1n) is 10.6. The third kappa shape index (κ3) is 5.02. The summed E-state index contributed by atoms with van der Waals surface area (Å²) in [4.78, 5) is 42.5. The minimum Gasteiger partial charge on any atom is -0.465 e. The summed E-state index contributed by atoms with van der Waals surface area (Å²) in [5, 5.41) is 3.76. The van der Waals surface area contributed by atoms with E-state index in [9.17, 15) is 14.4 Å². The second kappa shape index (κ2) is 10.4. The van der Waals surface area contributed by atoms with Crippen molar-refractivity contribution in [1.29, 1.82) is 0 Å². The summed E-state index contributed by atoms with van der Waals surface area (Å²) in [7, 11) is 1.30. The van der Waals surface area contributed by atoms with E-state index in [2.05, 4.69) is 5.32 Å². The van der Waals surface area contributed by atoms with Crippen LogP contribution < -0.4 is 10.9 Å². The highest BCUT2D eigenvalue weighted by atomic mass is 32.2. The lowest BCUT2D eigenvalue weighted by molar-refractivity contribution is -0.113. The maximum absolute atomic E-state index is 13.4. The molecule has 3 aromatic carbocycles. The number of aromatic nitrogens is 2. The molecule has 4 rings (SSSR count). The highest BCUT2D eigenvalue weighted by Crippen LogP contribution is 2.25. The Balaban J connectivity index is 1.61. The zero-order chi connectivity index (χ0) is 24.1. The molecule has 4 aromatic rings. The summed E-state index contributed by atoms with van der Waals surface area (Å²) in [5.74, 6) is -0.729. The number of benzene rings is 3. The van der Waals surface area contributed by atoms with Crippen molar-refractivity contribution in [2.45, 2.75) is 18.1 Å². The number of nitrogens with zero attached hydrogens (tertiary/aromatic N) is 2. The Morgan fingerprint density at radius 3 is 2.53 bits per heavy atom. The van der Waals surface area contributed by atoms with E-state index < -0.39 is 5.97 Å². The molecular formula is C26H23N3O4S. The number of nitrogens with one attached hydrogen (secondary N) is 1. The van der Waals surface area contributed by atoms with Crippen molar-refractivity contribution in [1.82, 2.24) is 9.55 Å². The molecule has 1 N–H and O–H groups in total. The maximum atomic E-state index is 13.4. The van der Waals surface area contributed by atoms with E-state index in [1.54, 1.807) is 41.0 Å². The van der Waals surface area contributed by atoms with Crippen molar-refractivity contribution < 1.29 is 14.3 Å². The fourth-order valence-electron chi connectivity index (χ4n) is 3.62. The molecule has 1 aromatic heterocycles. The lowest BCUT2D eigenvalue weighted by Crippen LogP contribution is -2.27. The van der Waals surface area contributed by atoms with Gasteiger partial charge >= 0.3 is 5.97 Å². The first-order chi connectivity index (χ1) is 16.5. The van der Waals surface area contributed by atoms with Crippen LogP contribution >= 0.6 is 11.8 Å². The third-order valence-corrected chi connectivity index (χ3v) is 6.30. The Morgan fingerprint density at radius 2 is 1.76 bits per heavy atom. The molecule has 172 valence electrons. The number of fused-ring (bicyclic) bond motifs is 1. The topological polar surface area (TPSA) is 90.3 Å². The van der Waals surface area contributed by atoms with E-state index in [1.807, 2.05) is 49.4 Å². The Labute approximate surface area is 200 Å². The molecule has 0 saturated carbocycles. The van der Waals surface area contributed by atoms with Gasteiger partial charge in [-0.3, -0.25) is 14.2 Å². The normalized spacial score (nSPS) is 11.7. The quantitative estimate of drug-likeness (QED) is 0.241. The number of rotatable bonds is 7. The van der Waals surface area contributed by atoms with E-state index in [4.69, 9.17) is 9.72 Å². The standard InChI is InChI=1S/C26H23N3O4S/c1-17(18-9-4-3-5-10-18)29-24(31)21-13-6-7-14-22(21)28-26(29)34-16-23(30)27-20-12-8-11-19(15-20)25(32)33-2/h3-15,17H,16H2,1-2H3,(H,27,30). The van der Waals surface area contributed by atoms with Crippen LogP contribution in [0.25, 0.3) is 10.9 Å². The Kier molecular flexibility index (Phi) is 7.08. The van der Waals surface area contributed by atoms with E-state index in [1.165, 1.54) is 18.9 Å². The molecule has 1 amide bonds. The number of methoxy groups -OCH3 is 1. The van der Waals surface area contributed by atoms with Gasteiger partial charge in [0.15, 0.2) is 5.16 Å². The molecule has 0 saturated heterocycles. The number of hydrogen-bond acceptors (Lipinski definition) is 6. The maximum Gasteiger partial charge on any atom is 0.337 e. The van der Waals surface area contributed by atoms with Crippen LogP contribution in [0.5, 0.6) is 0 Å². The molecule has 0 spiro atoms. The van der Waals surface area contributed by atoms with Gasteiger partial charge in [-0.15, -0.1) is 0 Å². The molecule has 1 heterocycles. The number of anilines is 1. The number of carbonyl (C=O) groups excluding carboxylic acids is 2. The molecule has 8 heteroatoms. The molecule has 0 aliphatic rings. The number of hydrogen-bond donors (Lipinski definition) is 1. The number of carbonyl (C=O) groups is 2. The molecule has 0 fully saturated rings. The van der Waals surface area contributed by atoms with Crippen LogP contribution in [0.15, 0.2) is 88.8 Å². The molecule has 0 aliphatic carbocycles. The summed E-state index contributed by atoms with van der Waals surface area (Å²) in [6, 6.07) is 23.1. The monoisotopic (exact) mass is 473 g/mol. The summed E-state index contributed by atoms with van der Waals surface area (Å²) >= 11 is 1.19. The Morgan fingerprint density at radius 1 is 1.03 bits per heavy atom. The van der Waals surface area contributed by atoms with Gasteiger partial charge in [0.05, 0.1) is 35.4 Å². The highest BCUT2D eigenvalue weighted by molar-refractivity contribution is 7.99. The average molecular weight is 474 g/mol. The lowest BCUT2D eigenvalue weighted by atomic mass is 10.1. The summed E-state index contributed by atoms with van der Waals surface area (Å²) < 4.78 is 6.36. The van der Waals surface area contributed by atoms with E-state index in [0.29, 0.717) is 27.3 Å². The average Bonchev–Trinajstić information content (AvgIpc) is 2.87. The molecule has 0 radical (unpaired) electrons. The molecule has 7 nitrogen and oxygen atoms in total. The summed E-state index contributed by atoms with van der Waals surface area (Å²) in [6.45, 7) is 1.94. The minimum absolute atomic E-state index is 0.0365.